The summed E-state index contributed by atoms with van der Waals surface area (Å²) in [6.45, 7) is 23.1. The molecular formula is C30H66O4Sn2. The van der Waals surface area contributed by atoms with Crippen LogP contribution in [0.15, 0.2) is 0 Å². The molecule has 4 nitrogen and oxygen atoms in total. The molecule has 0 heterocycles. The third-order valence-corrected chi connectivity index (χ3v) is 37.7. The van der Waals surface area contributed by atoms with E-state index in [9.17, 15) is 0 Å². The Kier molecular flexibility index (Phi) is 24.1. The first-order valence-corrected chi connectivity index (χ1v) is 27.9. The number of hydrogen-bond acceptors (Lipinski definition) is 4. The van der Waals surface area contributed by atoms with Crippen LogP contribution in [0.2, 0.25) is 13.3 Å². The quantitative estimate of drug-likeness (QED) is 0.0832. The first-order valence-electron chi connectivity index (χ1n) is 16.0. The van der Waals surface area contributed by atoms with Crippen molar-refractivity contribution in [2.45, 2.75) is 153 Å². The monoisotopic (exact) mass is 730 g/mol. The molecule has 0 aromatic heterocycles. The Bertz CT molecular complexity index is 456. The minimum absolute atomic E-state index is 0.587. The Hall–Kier alpha value is 1.44. The summed E-state index contributed by atoms with van der Waals surface area (Å²) >= 11 is -7.27. The third kappa shape index (κ3) is 15.3. The normalized spacial score (nSPS) is 13.0. The van der Waals surface area contributed by atoms with E-state index in [0.717, 1.165) is 71.7 Å². The predicted octanol–water partition coefficient (Wildman–Crippen LogP) is 10.1. The standard InChI is InChI=1S/3C6H13O.3C4H9.O.2Sn/c3*1-3-6(4-2)5-7;3*1-3-4-2;;;/h3*6H,3-5H2,1-2H3;3*1,3-4H2,2H3;;;/q3*-1;;;;;+1;+2. The van der Waals surface area contributed by atoms with Gasteiger partial charge < -0.3 is 0 Å². The molecule has 0 aromatic rings. The zero-order valence-electron chi connectivity index (χ0n) is 26.1. The van der Waals surface area contributed by atoms with Crippen molar-refractivity contribution in [3.63, 3.8) is 0 Å². The van der Waals surface area contributed by atoms with Crippen LogP contribution in [0.4, 0.5) is 0 Å². The molecule has 0 aliphatic carbocycles. The molecule has 36 heavy (non-hydrogen) atoms. The Morgan fingerprint density at radius 1 is 0.444 bits per heavy atom. The Morgan fingerprint density at radius 2 is 0.778 bits per heavy atom. The Morgan fingerprint density at radius 3 is 1.11 bits per heavy atom. The molecule has 0 bridgehead atoms. The van der Waals surface area contributed by atoms with E-state index in [2.05, 4.69) is 62.3 Å². The van der Waals surface area contributed by atoms with E-state index >= 15 is 0 Å². The second-order valence-electron chi connectivity index (χ2n) is 11.0. The van der Waals surface area contributed by atoms with Crippen molar-refractivity contribution in [2.75, 3.05) is 19.8 Å². The molecule has 0 aromatic carbocycles. The van der Waals surface area contributed by atoms with E-state index in [1.807, 2.05) is 0 Å². The average Bonchev–Trinajstić information content (AvgIpc) is 2.91. The molecule has 0 unspecified atom stereocenters. The second-order valence-corrected chi connectivity index (χ2v) is 31.3. The van der Waals surface area contributed by atoms with Crippen LogP contribution >= 0.6 is 0 Å². The van der Waals surface area contributed by atoms with E-state index in [1.165, 1.54) is 38.5 Å². The van der Waals surface area contributed by atoms with Crippen LogP contribution in [-0.2, 0) is 10.6 Å². The molecule has 0 saturated carbocycles. The predicted molar refractivity (Wildman–Crippen MR) is 162 cm³/mol. The molecule has 0 fully saturated rings. The third-order valence-electron chi connectivity index (χ3n) is 8.12. The summed E-state index contributed by atoms with van der Waals surface area (Å²) in [5, 5.41) is 0. The SMILES string of the molecule is CCC[CH2][Sn]([CH2]CCC)([O]CC(CC)CC)[O][Sn]([CH2]CCC)([O]CC(CC)CC)[O]CC(CC)CC. The fourth-order valence-electron chi connectivity index (χ4n) is 4.60. The average molecular weight is 728 g/mol. The molecule has 0 spiro atoms. The van der Waals surface area contributed by atoms with Crippen molar-refractivity contribution in [2.24, 2.45) is 17.8 Å². The topological polar surface area (TPSA) is 36.9 Å². The summed E-state index contributed by atoms with van der Waals surface area (Å²) in [4.78, 5) is 0. The van der Waals surface area contributed by atoms with Crippen molar-refractivity contribution in [3.05, 3.63) is 0 Å². The van der Waals surface area contributed by atoms with Gasteiger partial charge in [-0.05, 0) is 0 Å². The van der Waals surface area contributed by atoms with Crippen LogP contribution in [0.1, 0.15) is 139 Å². The first kappa shape index (κ1) is 37.4. The fourth-order valence-corrected chi connectivity index (χ4v) is 42.0. The summed E-state index contributed by atoms with van der Waals surface area (Å²) in [5.74, 6) is 1.80. The van der Waals surface area contributed by atoms with Crippen molar-refractivity contribution in [1.82, 2.24) is 0 Å². The van der Waals surface area contributed by atoms with Crippen LogP contribution in [0.3, 0.4) is 0 Å². The number of hydrogen-bond donors (Lipinski definition) is 0. The van der Waals surface area contributed by atoms with Gasteiger partial charge in [0.05, 0.1) is 0 Å². The molecule has 6 heteroatoms. The first-order chi connectivity index (χ1) is 17.4. The minimum atomic E-state index is -3.85. The molecule has 0 amide bonds. The summed E-state index contributed by atoms with van der Waals surface area (Å²) in [7, 11) is 0. The van der Waals surface area contributed by atoms with Gasteiger partial charge in [0.15, 0.2) is 0 Å². The van der Waals surface area contributed by atoms with Gasteiger partial charge in [-0.2, -0.15) is 0 Å². The maximum atomic E-state index is 7.60. The van der Waals surface area contributed by atoms with E-state index < -0.39 is 38.8 Å². The number of unbranched alkanes of at least 4 members (excludes halogenated alkanes) is 3. The summed E-state index contributed by atoms with van der Waals surface area (Å²) in [6.07, 6.45) is 14.1. The van der Waals surface area contributed by atoms with Crippen LogP contribution in [0.25, 0.3) is 0 Å². The van der Waals surface area contributed by atoms with Crippen molar-refractivity contribution >= 4 is 38.8 Å². The Balaban J connectivity index is 6.32. The zero-order chi connectivity index (χ0) is 27.3. The van der Waals surface area contributed by atoms with Crippen LogP contribution in [0.5, 0.6) is 0 Å². The summed E-state index contributed by atoms with van der Waals surface area (Å²) in [6, 6.07) is 0. The zero-order valence-corrected chi connectivity index (χ0v) is 31.8. The molecule has 0 aliphatic rings. The van der Waals surface area contributed by atoms with Gasteiger partial charge >= 0.3 is 240 Å². The Labute approximate surface area is 238 Å². The van der Waals surface area contributed by atoms with Crippen molar-refractivity contribution < 1.29 is 10.6 Å². The number of rotatable bonds is 26. The second kappa shape index (κ2) is 23.2. The summed E-state index contributed by atoms with van der Waals surface area (Å²) < 4.78 is 32.1. The van der Waals surface area contributed by atoms with Gasteiger partial charge in [0.2, 0.25) is 0 Å². The molecule has 0 saturated heterocycles. The molecule has 0 radical (unpaired) electrons. The van der Waals surface area contributed by atoms with Crippen LogP contribution in [0, 0.1) is 17.8 Å². The summed E-state index contributed by atoms with van der Waals surface area (Å²) in [5.41, 5.74) is 0. The van der Waals surface area contributed by atoms with Crippen molar-refractivity contribution in [1.29, 1.82) is 0 Å². The van der Waals surface area contributed by atoms with E-state index in [4.69, 9.17) is 10.6 Å². The molecule has 0 atom stereocenters. The molecule has 0 rings (SSSR count). The van der Waals surface area contributed by atoms with Crippen LogP contribution < -0.4 is 0 Å². The van der Waals surface area contributed by atoms with Gasteiger partial charge in [0.25, 0.3) is 0 Å². The van der Waals surface area contributed by atoms with E-state index in [0.29, 0.717) is 17.8 Å². The van der Waals surface area contributed by atoms with Crippen LogP contribution in [-0.4, -0.2) is 58.6 Å². The fraction of sp³-hybridized carbons (Fsp3) is 1.00. The van der Waals surface area contributed by atoms with Gasteiger partial charge in [-0.3, -0.25) is 0 Å². The molecule has 218 valence electrons. The maximum absolute atomic E-state index is 7.60. The van der Waals surface area contributed by atoms with Crippen molar-refractivity contribution in [3.8, 4) is 0 Å². The molecular weight excluding hydrogens is 662 g/mol. The van der Waals surface area contributed by atoms with E-state index in [-0.39, 0.29) is 0 Å². The van der Waals surface area contributed by atoms with Gasteiger partial charge in [-0.25, -0.2) is 0 Å². The molecule has 0 N–H and O–H groups in total. The molecule has 0 aliphatic heterocycles. The van der Waals surface area contributed by atoms with Gasteiger partial charge in [-0.1, -0.05) is 0 Å². The van der Waals surface area contributed by atoms with Gasteiger partial charge in [0.1, 0.15) is 0 Å². The van der Waals surface area contributed by atoms with Gasteiger partial charge in [-0.15, -0.1) is 0 Å². The van der Waals surface area contributed by atoms with Gasteiger partial charge in [0, 0.05) is 0 Å². The van der Waals surface area contributed by atoms with E-state index in [1.54, 1.807) is 0 Å².